The maximum Gasteiger partial charge on any atom is 0.417 e. The third kappa shape index (κ3) is 4.79. The summed E-state index contributed by atoms with van der Waals surface area (Å²) in [6.45, 7) is 1.19. The van der Waals surface area contributed by atoms with E-state index in [1.807, 2.05) is 0 Å². The number of rotatable bonds is 6. The fourth-order valence-corrected chi connectivity index (χ4v) is 1.59. The Kier molecular flexibility index (Phi) is 5.64. The monoisotopic (exact) mass is 272 g/mol. The van der Waals surface area contributed by atoms with Gasteiger partial charge in [-0.2, -0.15) is 18.4 Å². The van der Waals surface area contributed by atoms with E-state index in [-0.39, 0.29) is 5.56 Å². The van der Waals surface area contributed by atoms with Crippen molar-refractivity contribution < 1.29 is 17.9 Å². The molecule has 0 aliphatic rings. The molecule has 0 fully saturated rings. The lowest BCUT2D eigenvalue weighted by Crippen LogP contribution is -2.10. The summed E-state index contributed by atoms with van der Waals surface area (Å²) in [7, 11) is 1.60. The summed E-state index contributed by atoms with van der Waals surface area (Å²) < 4.78 is 43.0. The van der Waals surface area contributed by atoms with Gasteiger partial charge in [-0.1, -0.05) is 0 Å². The van der Waals surface area contributed by atoms with Crippen molar-refractivity contribution in [1.29, 1.82) is 5.26 Å². The number of nitriles is 1. The number of nitrogens with zero attached hydrogens (tertiary/aromatic N) is 1. The molecule has 0 bridgehead atoms. The van der Waals surface area contributed by atoms with E-state index in [1.54, 1.807) is 13.2 Å². The number of alkyl halides is 3. The minimum Gasteiger partial charge on any atom is -0.385 e. The molecule has 0 amide bonds. The molecule has 1 rings (SSSR count). The Morgan fingerprint density at radius 3 is 2.63 bits per heavy atom. The second-order valence-electron chi connectivity index (χ2n) is 4.00. The number of anilines is 1. The molecule has 0 atom stereocenters. The van der Waals surface area contributed by atoms with Crippen molar-refractivity contribution in [2.24, 2.45) is 0 Å². The van der Waals surface area contributed by atoms with Crippen LogP contribution in [0.15, 0.2) is 18.2 Å². The van der Waals surface area contributed by atoms with Crippen LogP contribution in [0.25, 0.3) is 0 Å². The zero-order valence-corrected chi connectivity index (χ0v) is 10.5. The fraction of sp³-hybridized carbons (Fsp3) is 0.462. The van der Waals surface area contributed by atoms with Crippen LogP contribution in [-0.2, 0) is 10.9 Å². The molecule has 1 aromatic carbocycles. The first kappa shape index (κ1) is 15.3. The van der Waals surface area contributed by atoms with Gasteiger partial charge in [0.25, 0.3) is 0 Å². The summed E-state index contributed by atoms with van der Waals surface area (Å²) in [5.74, 6) is 0. The topological polar surface area (TPSA) is 45.0 Å². The highest BCUT2D eigenvalue weighted by Crippen LogP contribution is 2.33. The van der Waals surface area contributed by atoms with E-state index in [4.69, 9.17) is 10.00 Å². The first-order chi connectivity index (χ1) is 8.99. The SMILES string of the molecule is COCCCCNc1ccc(C#N)c(C(F)(F)F)c1. The zero-order valence-electron chi connectivity index (χ0n) is 10.5. The van der Waals surface area contributed by atoms with Gasteiger partial charge >= 0.3 is 6.18 Å². The van der Waals surface area contributed by atoms with Crippen LogP contribution in [0.1, 0.15) is 24.0 Å². The van der Waals surface area contributed by atoms with Crippen LogP contribution >= 0.6 is 0 Å². The van der Waals surface area contributed by atoms with Crippen LogP contribution in [0.2, 0.25) is 0 Å². The number of hydrogen-bond acceptors (Lipinski definition) is 3. The largest absolute Gasteiger partial charge is 0.417 e. The van der Waals surface area contributed by atoms with Gasteiger partial charge in [-0.3, -0.25) is 0 Å². The minimum absolute atomic E-state index is 0.363. The molecule has 3 nitrogen and oxygen atoms in total. The molecular formula is C13H15F3N2O. The predicted molar refractivity (Wildman–Crippen MR) is 65.8 cm³/mol. The molecule has 0 aromatic heterocycles. The Morgan fingerprint density at radius 1 is 1.32 bits per heavy atom. The summed E-state index contributed by atoms with van der Waals surface area (Å²) in [5, 5.41) is 11.6. The van der Waals surface area contributed by atoms with Gasteiger partial charge < -0.3 is 10.1 Å². The van der Waals surface area contributed by atoms with Crippen LogP contribution in [0.4, 0.5) is 18.9 Å². The van der Waals surface area contributed by atoms with E-state index in [0.717, 1.165) is 18.9 Å². The Hall–Kier alpha value is -1.74. The average molecular weight is 272 g/mol. The lowest BCUT2D eigenvalue weighted by Gasteiger charge is -2.12. The van der Waals surface area contributed by atoms with Gasteiger partial charge in [0.2, 0.25) is 0 Å². The molecule has 19 heavy (non-hydrogen) atoms. The highest BCUT2D eigenvalue weighted by atomic mass is 19.4. The summed E-state index contributed by atoms with van der Waals surface area (Å²) in [4.78, 5) is 0. The second kappa shape index (κ2) is 7.00. The Morgan fingerprint density at radius 2 is 2.05 bits per heavy atom. The van der Waals surface area contributed by atoms with E-state index in [9.17, 15) is 13.2 Å². The fourth-order valence-electron chi connectivity index (χ4n) is 1.59. The third-order valence-electron chi connectivity index (χ3n) is 2.55. The van der Waals surface area contributed by atoms with Crippen molar-refractivity contribution in [3.8, 4) is 6.07 Å². The zero-order chi connectivity index (χ0) is 14.3. The van der Waals surface area contributed by atoms with Crippen LogP contribution in [-0.4, -0.2) is 20.3 Å². The molecule has 1 aromatic rings. The van der Waals surface area contributed by atoms with Gasteiger partial charge in [0.05, 0.1) is 17.2 Å². The molecule has 0 aliphatic carbocycles. The number of benzene rings is 1. The first-order valence-electron chi connectivity index (χ1n) is 5.83. The van der Waals surface area contributed by atoms with Crippen molar-refractivity contribution in [1.82, 2.24) is 0 Å². The van der Waals surface area contributed by atoms with Crippen LogP contribution < -0.4 is 5.32 Å². The molecule has 0 radical (unpaired) electrons. The maximum atomic E-state index is 12.7. The van der Waals surface area contributed by atoms with Crippen LogP contribution in [0.3, 0.4) is 0 Å². The molecule has 0 aliphatic heterocycles. The van der Waals surface area contributed by atoms with Gasteiger partial charge in [0.1, 0.15) is 0 Å². The average Bonchev–Trinajstić information content (AvgIpc) is 2.37. The van der Waals surface area contributed by atoms with Gasteiger partial charge in [-0.15, -0.1) is 0 Å². The smallest absolute Gasteiger partial charge is 0.385 e. The summed E-state index contributed by atoms with van der Waals surface area (Å²) in [6.07, 6.45) is -2.88. The lowest BCUT2D eigenvalue weighted by atomic mass is 10.1. The molecule has 0 saturated carbocycles. The summed E-state index contributed by atoms with van der Waals surface area (Å²) in [5.41, 5.74) is -0.905. The van der Waals surface area contributed by atoms with Gasteiger partial charge in [0, 0.05) is 25.9 Å². The van der Waals surface area contributed by atoms with E-state index in [0.29, 0.717) is 18.8 Å². The van der Waals surface area contributed by atoms with Crippen molar-refractivity contribution >= 4 is 5.69 Å². The van der Waals surface area contributed by atoms with Crippen molar-refractivity contribution in [2.75, 3.05) is 25.6 Å². The van der Waals surface area contributed by atoms with E-state index >= 15 is 0 Å². The molecule has 0 unspecified atom stereocenters. The molecular weight excluding hydrogens is 257 g/mol. The lowest BCUT2D eigenvalue weighted by molar-refractivity contribution is -0.137. The third-order valence-corrected chi connectivity index (χ3v) is 2.55. The van der Waals surface area contributed by atoms with Crippen molar-refractivity contribution in [2.45, 2.75) is 19.0 Å². The summed E-state index contributed by atoms with van der Waals surface area (Å²) >= 11 is 0. The van der Waals surface area contributed by atoms with E-state index < -0.39 is 11.7 Å². The van der Waals surface area contributed by atoms with Crippen LogP contribution in [0, 0.1) is 11.3 Å². The number of halogens is 3. The number of unbranched alkanes of at least 4 members (excludes halogenated alkanes) is 1. The van der Waals surface area contributed by atoms with E-state index in [1.165, 1.54) is 12.1 Å². The first-order valence-corrected chi connectivity index (χ1v) is 5.83. The molecule has 104 valence electrons. The Bertz CT molecular complexity index is 452. The molecule has 0 saturated heterocycles. The molecule has 6 heteroatoms. The normalized spacial score (nSPS) is 11.1. The number of methoxy groups -OCH3 is 1. The number of ether oxygens (including phenoxy) is 1. The highest BCUT2D eigenvalue weighted by Gasteiger charge is 2.33. The van der Waals surface area contributed by atoms with Crippen molar-refractivity contribution in [3.63, 3.8) is 0 Å². The van der Waals surface area contributed by atoms with E-state index in [2.05, 4.69) is 5.32 Å². The highest BCUT2D eigenvalue weighted by molar-refractivity contribution is 5.53. The molecule has 1 N–H and O–H groups in total. The molecule has 0 spiro atoms. The quantitative estimate of drug-likeness (QED) is 0.807. The summed E-state index contributed by atoms with van der Waals surface area (Å²) in [6, 6.07) is 5.17. The molecule has 0 heterocycles. The van der Waals surface area contributed by atoms with Crippen LogP contribution in [0.5, 0.6) is 0 Å². The number of hydrogen-bond donors (Lipinski definition) is 1. The Labute approximate surface area is 110 Å². The predicted octanol–water partition coefficient (Wildman–Crippen LogP) is 3.42. The minimum atomic E-state index is -4.52. The number of nitrogens with one attached hydrogen (secondary N) is 1. The second-order valence-corrected chi connectivity index (χ2v) is 4.00. The Balaban J connectivity index is 2.69. The van der Waals surface area contributed by atoms with Gasteiger partial charge in [-0.25, -0.2) is 0 Å². The van der Waals surface area contributed by atoms with Gasteiger partial charge in [0.15, 0.2) is 0 Å². The maximum absolute atomic E-state index is 12.7. The van der Waals surface area contributed by atoms with Crippen molar-refractivity contribution in [3.05, 3.63) is 29.3 Å². The van der Waals surface area contributed by atoms with Gasteiger partial charge in [-0.05, 0) is 31.0 Å². The standard InChI is InChI=1S/C13H15F3N2O/c1-19-7-3-2-6-18-11-5-4-10(9-17)12(8-11)13(14,15)16/h4-5,8,18H,2-3,6-7H2,1H3.